The number of fused-ring (bicyclic) bond motifs is 1. The van der Waals surface area contributed by atoms with Crippen molar-refractivity contribution < 1.29 is 4.79 Å². The van der Waals surface area contributed by atoms with Crippen LogP contribution in [0.25, 0.3) is 11.2 Å². The van der Waals surface area contributed by atoms with Crippen molar-refractivity contribution in [3.8, 4) is 0 Å². The number of carbonyl (C=O) groups excluding carboxylic acids is 1. The molecule has 0 aromatic carbocycles. The van der Waals surface area contributed by atoms with Gasteiger partial charge in [0.1, 0.15) is 5.52 Å². The SMILES string of the molecule is CN1CCCC[C@]1(C)C(=O)N1CC(c2nn(C)c3nccnc23)C1. The van der Waals surface area contributed by atoms with Gasteiger partial charge in [-0.1, -0.05) is 0 Å². The van der Waals surface area contributed by atoms with Crippen molar-refractivity contribution >= 4 is 17.1 Å². The Hall–Kier alpha value is -2.02. The van der Waals surface area contributed by atoms with Crippen LogP contribution < -0.4 is 0 Å². The first kappa shape index (κ1) is 15.5. The minimum atomic E-state index is -0.352. The third-order valence-corrected chi connectivity index (χ3v) is 5.75. The molecule has 0 N–H and O–H groups in total. The summed E-state index contributed by atoms with van der Waals surface area (Å²) in [5.41, 5.74) is 2.27. The third-order valence-electron chi connectivity index (χ3n) is 5.75. The highest BCUT2D eigenvalue weighted by Gasteiger charge is 2.46. The standard InChI is InChI=1S/C17H24N6O/c1-17(6-4-5-9-21(17)2)16(24)23-10-12(11-23)13-14-15(22(3)20-13)19-8-7-18-14/h7-8,12H,4-6,9-11H2,1-3H3/t17-/m1/s1. The lowest BCUT2D eigenvalue weighted by Gasteiger charge is -2.48. The summed E-state index contributed by atoms with van der Waals surface area (Å²) in [5, 5.41) is 4.59. The van der Waals surface area contributed by atoms with Crippen molar-refractivity contribution in [2.75, 3.05) is 26.7 Å². The molecule has 2 aromatic rings. The van der Waals surface area contributed by atoms with E-state index in [-0.39, 0.29) is 17.4 Å². The zero-order valence-electron chi connectivity index (χ0n) is 14.6. The molecule has 128 valence electrons. The van der Waals surface area contributed by atoms with Gasteiger partial charge in [0.15, 0.2) is 5.65 Å². The maximum atomic E-state index is 13.0. The van der Waals surface area contributed by atoms with Gasteiger partial charge in [0.05, 0.1) is 11.2 Å². The van der Waals surface area contributed by atoms with Crippen LogP contribution in [0.3, 0.4) is 0 Å². The summed E-state index contributed by atoms with van der Waals surface area (Å²) in [7, 11) is 3.95. The zero-order valence-corrected chi connectivity index (χ0v) is 14.6. The summed E-state index contributed by atoms with van der Waals surface area (Å²) in [6.45, 7) is 4.54. The molecule has 7 nitrogen and oxygen atoms in total. The van der Waals surface area contributed by atoms with Crippen LogP contribution in [-0.2, 0) is 11.8 Å². The Kier molecular flexibility index (Phi) is 3.56. The first-order valence-electron chi connectivity index (χ1n) is 8.65. The minimum Gasteiger partial charge on any atom is -0.340 e. The van der Waals surface area contributed by atoms with E-state index in [2.05, 4.69) is 33.9 Å². The van der Waals surface area contributed by atoms with Crippen LogP contribution >= 0.6 is 0 Å². The number of hydrogen-bond donors (Lipinski definition) is 0. The van der Waals surface area contributed by atoms with Crippen LogP contribution in [0.5, 0.6) is 0 Å². The topological polar surface area (TPSA) is 67.2 Å². The number of amides is 1. The molecule has 1 atom stereocenters. The van der Waals surface area contributed by atoms with Crippen molar-refractivity contribution in [3.63, 3.8) is 0 Å². The highest BCUT2D eigenvalue weighted by molar-refractivity contribution is 5.87. The first-order valence-corrected chi connectivity index (χ1v) is 8.65. The average molecular weight is 328 g/mol. The summed E-state index contributed by atoms with van der Waals surface area (Å²) in [6, 6.07) is 0. The van der Waals surface area contributed by atoms with Gasteiger partial charge < -0.3 is 4.90 Å². The largest absolute Gasteiger partial charge is 0.340 e. The number of likely N-dealkylation sites (tertiary alicyclic amines) is 2. The number of aromatic nitrogens is 4. The van der Waals surface area contributed by atoms with Gasteiger partial charge in [0.25, 0.3) is 0 Å². The van der Waals surface area contributed by atoms with Crippen LogP contribution in [0.1, 0.15) is 37.8 Å². The van der Waals surface area contributed by atoms with Gasteiger partial charge in [-0.2, -0.15) is 5.10 Å². The van der Waals surface area contributed by atoms with Crippen molar-refractivity contribution in [3.05, 3.63) is 18.1 Å². The Bertz CT molecular complexity index is 780. The summed E-state index contributed by atoms with van der Waals surface area (Å²) >= 11 is 0. The number of carbonyl (C=O) groups is 1. The zero-order chi connectivity index (χ0) is 16.9. The number of aryl methyl sites for hydroxylation is 1. The average Bonchev–Trinajstić information content (AvgIpc) is 2.86. The van der Waals surface area contributed by atoms with Crippen molar-refractivity contribution in [1.82, 2.24) is 29.5 Å². The van der Waals surface area contributed by atoms with E-state index in [1.165, 1.54) is 6.42 Å². The van der Waals surface area contributed by atoms with Gasteiger partial charge in [0, 0.05) is 38.4 Å². The third kappa shape index (κ3) is 2.22. The molecular formula is C17H24N6O. The second-order valence-electron chi connectivity index (χ2n) is 7.30. The van der Waals surface area contributed by atoms with Crippen LogP contribution in [0, 0.1) is 0 Å². The summed E-state index contributed by atoms with van der Waals surface area (Å²) in [6.07, 6.45) is 6.64. The second kappa shape index (κ2) is 5.51. The van der Waals surface area contributed by atoms with Gasteiger partial charge in [0.2, 0.25) is 5.91 Å². The summed E-state index contributed by atoms with van der Waals surface area (Å²) in [4.78, 5) is 26.0. The molecular weight excluding hydrogens is 304 g/mol. The molecule has 0 radical (unpaired) electrons. The van der Waals surface area contributed by atoms with Crippen molar-refractivity contribution in [2.24, 2.45) is 7.05 Å². The van der Waals surface area contributed by atoms with Crippen LogP contribution in [0.4, 0.5) is 0 Å². The van der Waals surface area contributed by atoms with Gasteiger partial charge >= 0.3 is 0 Å². The molecule has 0 saturated carbocycles. The van der Waals surface area contributed by atoms with E-state index in [0.29, 0.717) is 0 Å². The summed E-state index contributed by atoms with van der Waals surface area (Å²) in [5.74, 6) is 0.513. The van der Waals surface area contributed by atoms with Crippen molar-refractivity contribution in [2.45, 2.75) is 37.6 Å². The lowest BCUT2D eigenvalue weighted by molar-refractivity contribution is -0.149. The smallest absolute Gasteiger partial charge is 0.242 e. The molecule has 2 aliphatic rings. The number of piperidine rings is 1. The molecule has 4 heterocycles. The molecule has 4 rings (SSSR count). The fourth-order valence-electron chi connectivity index (χ4n) is 3.96. The van der Waals surface area contributed by atoms with E-state index in [1.54, 1.807) is 17.1 Å². The number of nitrogens with zero attached hydrogens (tertiary/aromatic N) is 6. The lowest BCUT2D eigenvalue weighted by atomic mass is 9.85. The predicted octanol–water partition coefficient (Wildman–Crippen LogP) is 1.16. The van der Waals surface area contributed by atoms with Crippen LogP contribution in [0.15, 0.2) is 12.4 Å². The fourth-order valence-corrected chi connectivity index (χ4v) is 3.96. The van der Waals surface area contributed by atoms with Gasteiger partial charge in [-0.15, -0.1) is 0 Å². The molecule has 1 amide bonds. The Labute approximate surface area is 141 Å². The molecule has 2 aliphatic heterocycles. The second-order valence-corrected chi connectivity index (χ2v) is 7.30. The van der Waals surface area contributed by atoms with Crippen molar-refractivity contribution in [1.29, 1.82) is 0 Å². The molecule has 7 heteroatoms. The number of likely N-dealkylation sites (N-methyl/N-ethyl adjacent to an activating group) is 1. The Balaban J connectivity index is 1.51. The van der Waals surface area contributed by atoms with Gasteiger partial charge in [-0.25, -0.2) is 14.6 Å². The Morgan fingerprint density at radius 3 is 2.71 bits per heavy atom. The molecule has 2 fully saturated rings. The number of rotatable bonds is 2. The molecule has 0 unspecified atom stereocenters. The fraction of sp³-hybridized carbons (Fsp3) is 0.647. The van der Waals surface area contributed by atoms with Gasteiger partial charge in [-0.3, -0.25) is 9.69 Å². The monoisotopic (exact) mass is 328 g/mol. The Morgan fingerprint density at radius 2 is 1.96 bits per heavy atom. The molecule has 2 aromatic heterocycles. The maximum absolute atomic E-state index is 13.0. The molecule has 24 heavy (non-hydrogen) atoms. The van der Waals surface area contributed by atoms with E-state index in [9.17, 15) is 4.79 Å². The van der Waals surface area contributed by atoms with E-state index >= 15 is 0 Å². The highest BCUT2D eigenvalue weighted by Crippen LogP contribution is 2.35. The quantitative estimate of drug-likeness (QED) is 0.828. The van der Waals surface area contributed by atoms with Crippen LogP contribution in [-0.4, -0.2) is 67.7 Å². The van der Waals surface area contributed by atoms with E-state index in [1.807, 2.05) is 11.9 Å². The van der Waals surface area contributed by atoms with E-state index in [0.717, 1.165) is 49.3 Å². The normalized spacial score (nSPS) is 25.9. The molecule has 0 aliphatic carbocycles. The maximum Gasteiger partial charge on any atom is 0.242 e. The van der Waals surface area contributed by atoms with Crippen LogP contribution in [0.2, 0.25) is 0 Å². The van der Waals surface area contributed by atoms with Gasteiger partial charge in [-0.05, 0) is 39.8 Å². The molecule has 0 spiro atoms. The molecule has 0 bridgehead atoms. The lowest BCUT2D eigenvalue weighted by Crippen LogP contribution is -2.62. The number of hydrogen-bond acceptors (Lipinski definition) is 5. The predicted molar refractivity (Wildman–Crippen MR) is 90.5 cm³/mol. The summed E-state index contributed by atoms with van der Waals surface area (Å²) < 4.78 is 1.78. The highest BCUT2D eigenvalue weighted by atomic mass is 16.2. The Morgan fingerprint density at radius 1 is 1.21 bits per heavy atom. The minimum absolute atomic E-state index is 0.256. The van der Waals surface area contributed by atoms with E-state index in [4.69, 9.17) is 0 Å². The molecule has 2 saturated heterocycles. The first-order chi connectivity index (χ1) is 11.5. The van der Waals surface area contributed by atoms with E-state index < -0.39 is 0 Å².